The summed E-state index contributed by atoms with van der Waals surface area (Å²) in [6.45, 7) is 1.99. The van der Waals surface area contributed by atoms with Gasteiger partial charge in [0.1, 0.15) is 10.8 Å². The van der Waals surface area contributed by atoms with Crippen molar-refractivity contribution in [1.29, 1.82) is 0 Å². The molecule has 0 aliphatic heterocycles. The largest absolute Gasteiger partial charge is 0.344 e. The van der Waals surface area contributed by atoms with Crippen molar-refractivity contribution < 1.29 is 9.18 Å². The highest BCUT2D eigenvalue weighted by molar-refractivity contribution is 7.09. The van der Waals surface area contributed by atoms with E-state index in [1.807, 2.05) is 18.4 Å². The number of aryl methyl sites for hydroxylation is 1. The first-order valence-corrected chi connectivity index (χ1v) is 9.45. The number of benzene rings is 1. The minimum Gasteiger partial charge on any atom is -0.344 e. The fraction of sp³-hybridized carbons (Fsp3) is 0.474. The maximum absolute atomic E-state index is 13.4. The number of hydrogen-bond donors (Lipinski definition) is 1. The van der Waals surface area contributed by atoms with Gasteiger partial charge in [-0.2, -0.15) is 0 Å². The Morgan fingerprint density at radius 1 is 1.38 bits per heavy atom. The molecule has 2 aromatic rings. The summed E-state index contributed by atoms with van der Waals surface area (Å²) in [5.41, 5.74) is 1.66. The van der Waals surface area contributed by atoms with E-state index >= 15 is 0 Å². The van der Waals surface area contributed by atoms with Gasteiger partial charge in [0.05, 0.1) is 5.54 Å². The topological polar surface area (TPSA) is 42.0 Å². The van der Waals surface area contributed by atoms with Gasteiger partial charge in [-0.1, -0.05) is 25.0 Å². The van der Waals surface area contributed by atoms with Crippen molar-refractivity contribution in [3.63, 3.8) is 0 Å². The summed E-state index contributed by atoms with van der Waals surface area (Å²) < 4.78 is 13.4. The van der Waals surface area contributed by atoms with Crippen LogP contribution in [0.2, 0.25) is 0 Å². The van der Waals surface area contributed by atoms with Crippen LogP contribution in [0.15, 0.2) is 29.6 Å². The molecule has 1 heterocycles. The van der Waals surface area contributed by atoms with Crippen molar-refractivity contribution in [2.45, 2.75) is 50.5 Å². The number of nitrogens with one attached hydrogen (secondary N) is 1. The molecule has 0 saturated heterocycles. The third-order valence-corrected chi connectivity index (χ3v) is 6.42. The third-order valence-electron chi connectivity index (χ3n) is 5.25. The Hall–Kier alpha value is -1.75. The predicted molar refractivity (Wildman–Crippen MR) is 92.4 cm³/mol. The van der Waals surface area contributed by atoms with Crippen LogP contribution in [0, 0.1) is 18.7 Å². The lowest BCUT2D eigenvalue weighted by Gasteiger charge is -2.28. The van der Waals surface area contributed by atoms with Gasteiger partial charge in [0, 0.05) is 17.0 Å². The average Bonchev–Trinajstić information content (AvgIpc) is 3.03. The molecule has 2 atom stereocenters. The molecule has 1 N–H and O–H groups in total. The highest BCUT2D eigenvalue weighted by Crippen LogP contribution is 2.49. The summed E-state index contributed by atoms with van der Waals surface area (Å²) in [5, 5.41) is 6.40. The summed E-state index contributed by atoms with van der Waals surface area (Å²) in [6.07, 6.45) is 4.97. The lowest BCUT2D eigenvalue weighted by Crippen LogP contribution is -2.44. The number of aromatic nitrogens is 1. The number of amides is 1. The maximum atomic E-state index is 13.4. The summed E-state index contributed by atoms with van der Waals surface area (Å²) in [6, 6.07) is 6.62. The van der Waals surface area contributed by atoms with Gasteiger partial charge >= 0.3 is 0 Å². The Kier molecular flexibility index (Phi) is 3.91. The molecule has 4 rings (SSSR count). The van der Waals surface area contributed by atoms with E-state index in [4.69, 9.17) is 0 Å². The summed E-state index contributed by atoms with van der Waals surface area (Å²) in [7, 11) is 0. The van der Waals surface area contributed by atoms with Gasteiger partial charge in [0.2, 0.25) is 5.91 Å². The molecule has 1 amide bonds. The van der Waals surface area contributed by atoms with Crippen molar-refractivity contribution in [2.24, 2.45) is 5.92 Å². The van der Waals surface area contributed by atoms with Crippen molar-refractivity contribution in [1.82, 2.24) is 10.3 Å². The number of rotatable bonds is 4. The lowest BCUT2D eigenvalue weighted by atomic mass is 9.97. The lowest BCUT2D eigenvalue weighted by molar-refractivity contribution is -0.124. The van der Waals surface area contributed by atoms with Gasteiger partial charge in [0.15, 0.2) is 0 Å². The summed E-state index contributed by atoms with van der Waals surface area (Å²) in [4.78, 5) is 17.4. The van der Waals surface area contributed by atoms with E-state index in [-0.39, 0.29) is 29.1 Å². The van der Waals surface area contributed by atoms with Crippen LogP contribution in [0.25, 0.3) is 0 Å². The van der Waals surface area contributed by atoms with E-state index in [0.717, 1.165) is 48.4 Å². The third kappa shape index (κ3) is 2.86. The predicted octanol–water partition coefficient (Wildman–Crippen LogP) is 4.28. The van der Waals surface area contributed by atoms with Gasteiger partial charge in [-0.05, 0) is 49.8 Å². The number of nitrogens with zero attached hydrogens (tertiary/aromatic N) is 1. The quantitative estimate of drug-likeness (QED) is 0.899. The molecular formula is C19H21FN2OS. The van der Waals surface area contributed by atoms with E-state index in [1.165, 1.54) is 6.07 Å². The van der Waals surface area contributed by atoms with Crippen LogP contribution >= 0.6 is 11.3 Å². The molecule has 2 aliphatic carbocycles. The number of thiazole rings is 1. The molecular weight excluding hydrogens is 323 g/mol. The van der Waals surface area contributed by atoms with Gasteiger partial charge < -0.3 is 5.32 Å². The van der Waals surface area contributed by atoms with Crippen LogP contribution < -0.4 is 5.32 Å². The Morgan fingerprint density at radius 2 is 2.17 bits per heavy atom. The Bertz CT molecular complexity index is 766. The molecule has 2 unspecified atom stereocenters. The average molecular weight is 344 g/mol. The van der Waals surface area contributed by atoms with Gasteiger partial charge in [-0.3, -0.25) is 4.79 Å². The second-order valence-electron chi connectivity index (χ2n) is 7.08. The molecule has 2 aliphatic rings. The molecule has 126 valence electrons. The number of carbonyl (C=O) groups is 1. The molecule has 0 radical (unpaired) electrons. The standard InChI is InChI=1S/C19H21FN2OS/c1-12-11-24-18(21-12)19(7-2-3-8-19)22-17(23)16-10-15(16)13-5-4-6-14(20)9-13/h4-6,9,11,15-16H,2-3,7-8,10H2,1H3,(H,22,23). The van der Waals surface area contributed by atoms with E-state index < -0.39 is 0 Å². The highest BCUT2D eigenvalue weighted by Gasteiger charge is 2.48. The van der Waals surface area contributed by atoms with Crippen LogP contribution in [0.4, 0.5) is 4.39 Å². The summed E-state index contributed by atoms with van der Waals surface area (Å²) >= 11 is 1.64. The van der Waals surface area contributed by atoms with Crippen LogP contribution in [0.1, 0.15) is 54.3 Å². The zero-order chi connectivity index (χ0) is 16.7. The van der Waals surface area contributed by atoms with Gasteiger partial charge in [-0.15, -0.1) is 11.3 Å². The second-order valence-corrected chi connectivity index (χ2v) is 7.93. The molecule has 2 fully saturated rings. The molecule has 24 heavy (non-hydrogen) atoms. The van der Waals surface area contributed by atoms with E-state index in [1.54, 1.807) is 23.5 Å². The van der Waals surface area contributed by atoms with E-state index in [9.17, 15) is 9.18 Å². The maximum Gasteiger partial charge on any atom is 0.224 e. The second kappa shape index (κ2) is 5.96. The monoisotopic (exact) mass is 344 g/mol. The van der Waals surface area contributed by atoms with E-state index in [0.29, 0.717) is 0 Å². The van der Waals surface area contributed by atoms with Crippen molar-refractivity contribution in [3.8, 4) is 0 Å². The first-order valence-electron chi connectivity index (χ1n) is 8.57. The highest BCUT2D eigenvalue weighted by atomic mass is 32.1. The van der Waals surface area contributed by atoms with Gasteiger partial charge in [0.25, 0.3) is 0 Å². The van der Waals surface area contributed by atoms with E-state index in [2.05, 4.69) is 10.3 Å². The van der Waals surface area contributed by atoms with Crippen molar-refractivity contribution >= 4 is 17.2 Å². The molecule has 0 spiro atoms. The molecule has 2 saturated carbocycles. The van der Waals surface area contributed by atoms with Crippen LogP contribution in [0.5, 0.6) is 0 Å². The summed E-state index contributed by atoms with van der Waals surface area (Å²) in [5.74, 6) is -0.0226. The minimum absolute atomic E-state index is 0.0367. The Morgan fingerprint density at radius 3 is 2.83 bits per heavy atom. The van der Waals surface area contributed by atoms with Crippen LogP contribution in [-0.4, -0.2) is 10.9 Å². The molecule has 5 heteroatoms. The Labute approximate surface area is 145 Å². The molecule has 1 aromatic heterocycles. The minimum atomic E-state index is -0.287. The first-order chi connectivity index (χ1) is 11.6. The smallest absolute Gasteiger partial charge is 0.224 e. The molecule has 1 aromatic carbocycles. The van der Waals surface area contributed by atoms with Crippen LogP contribution in [0.3, 0.4) is 0 Å². The fourth-order valence-electron chi connectivity index (χ4n) is 3.86. The van der Waals surface area contributed by atoms with Crippen molar-refractivity contribution in [3.05, 3.63) is 51.7 Å². The zero-order valence-electron chi connectivity index (χ0n) is 13.7. The zero-order valence-corrected chi connectivity index (χ0v) is 14.5. The fourth-order valence-corrected chi connectivity index (χ4v) is 4.88. The SMILES string of the molecule is Cc1csc(C2(NC(=O)C3CC3c3cccc(F)c3)CCCC2)n1. The van der Waals surface area contributed by atoms with Gasteiger partial charge in [-0.25, -0.2) is 9.37 Å². The Balaban J connectivity index is 1.49. The molecule has 0 bridgehead atoms. The number of carbonyl (C=O) groups excluding carboxylic acids is 1. The first kappa shape index (κ1) is 15.8. The molecule has 3 nitrogen and oxygen atoms in total. The van der Waals surface area contributed by atoms with Crippen LogP contribution in [-0.2, 0) is 10.3 Å². The van der Waals surface area contributed by atoms with Crippen molar-refractivity contribution in [2.75, 3.05) is 0 Å². The number of hydrogen-bond acceptors (Lipinski definition) is 3. The number of halogens is 1. The normalized spacial score (nSPS) is 24.8.